The number of nitrogens with one attached hydrogen (secondary N) is 2. The molecule has 0 heterocycles. The molecule has 8 heteroatoms. The van der Waals surface area contributed by atoms with E-state index in [1.54, 1.807) is 18.2 Å². The summed E-state index contributed by atoms with van der Waals surface area (Å²) in [5.41, 5.74) is 5.54. The number of carbonyl (C=O) groups excluding carboxylic acids is 3. The Bertz CT molecular complexity index is 1230. The summed E-state index contributed by atoms with van der Waals surface area (Å²) in [4.78, 5) is 36.5. The molecule has 0 unspecified atom stereocenters. The molecule has 1 aliphatic carbocycles. The number of anilines is 1. The number of methoxy groups -OCH3 is 1. The molecule has 7 nitrogen and oxygen atoms in total. The fourth-order valence-corrected chi connectivity index (χ4v) is 4.50. The van der Waals surface area contributed by atoms with Crippen molar-refractivity contribution in [2.24, 2.45) is 0 Å². The maximum absolute atomic E-state index is 12.7. The van der Waals surface area contributed by atoms with Crippen LogP contribution in [-0.4, -0.2) is 37.7 Å². The number of hydrogen-bond acceptors (Lipinski definition) is 5. The number of esters is 1. The van der Waals surface area contributed by atoms with Gasteiger partial charge in [0.2, 0.25) is 5.91 Å². The lowest BCUT2D eigenvalue weighted by Crippen LogP contribution is -2.43. The molecule has 35 heavy (non-hydrogen) atoms. The first-order valence-electron chi connectivity index (χ1n) is 11.1. The van der Waals surface area contributed by atoms with Gasteiger partial charge in [0.1, 0.15) is 12.6 Å². The third kappa shape index (κ3) is 5.46. The van der Waals surface area contributed by atoms with E-state index < -0.39 is 18.1 Å². The molecule has 0 saturated heterocycles. The van der Waals surface area contributed by atoms with Gasteiger partial charge in [0.05, 0.1) is 17.8 Å². The van der Waals surface area contributed by atoms with E-state index in [1.165, 1.54) is 14.0 Å². The van der Waals surface area contributed by atoms with Gasteiger partial charge in [-0.2, -0.15) is 0 Å². The van der Waals surface area contributed by atoms with Crippen LogP contribution in [-0.2, 0) is 25.5 Å². The lowest BCUT2D eigenvalue weighted by atomic mass is 9.98. The Labute approximate surface area is 208 Å². The van der Waals surface area contributed by atoms with Gasteiger partial charge >= 0.3 is 12.1 Å². The van der Waals surface area contributed by atoms with Gasteiger partial charge in [-0.05, 0) is 39.9 Å². The molecule has 0 aromatic heterocycles. The van der Waals surface area contributed by atoms with E-state index in [1.807, 2.05) is 36.4 Å². The molecule has 0 saturated carbocycles. The van der Waals surface area contributed by atoms with Gasteiger partial charge in [-0.25, -0.2) is 9.59 Å². The molecule has 3 aromatic carbocycles. The molecule has 180 valence electrons. The fraction of sp³-hybridized carbons (Fsp3) is 0.222. The molecular formula is C27H25ClN2O5. The minimum absolute atomic E-state index is 0.0961. The second-order valence-corrected chi connectivity index (χ2v) is 8.65. The summed E-state index contributed by atoms with van der Waals surface area (Å²) in [7, 11) is 1.25. The SMILES string of the molecule is COC(=O)[C@H](Cc1ccc(Cl)c(NC(C)=O)c1)NC(=O)OCC1c2ccccc2-c2ccccc21. The van der Waals surface area contributed by atoms with Gasteiger partial charge in [0.15, 0.2) is 0 Å². The number of amides is 2. The molecule has 1 atom stereocenters. The number of alkyl carbamates (subject to hydrolysis) is 1. The molecule has 0 bridgehead atoms. The largest absolute Gasteiger partial charge is 0.467 e. The summed E-state index contributed by atoms with van der Waals surface area (Å²) in [6.45, 7) is 1.50. The minimum Gasteiger partial charge on any atom is -0.467 e. The van der Waals surface area contributed by atoms with Crippen molar-refractivity contribution in [2.75, 3.05) is 19.0 Å². The number of rotatable bonds is 7. The standard InChI is InChI=1S/C27H25ClN2O5/c1-16(31)29-24-13-17(11-12-23(24)28)14-25(26(32)34-2)30-27(33)35-15-22-20-9-5-3-7-18(20)19-8-4-6-10-21(19)22/h3-13,22,25H,14-15H2,1-2H3,(H,29,31)(H,30,33)/t25-/m0/s1. The first kappa shape index (κ1) is 24.3. The molecule has 4 rings (SSSR count). The van der Waals surface area contributed by atoms with Gasteiger partial charge in [0.25, 0.3) is 0 Å². The zero-order chi connectivity index (χ0) is 24.9. The van der Waals surface area contributed by atoms with Crippen LogP contribution in [0.2, 0.25) is 5.02 Å². The van der Waals surface area contributed by atoms with Crippen molar-refractivity contribution < 1.29 is 23.9 Å². The predicted molar refractivity (Wildman–Crippen MR) is 133 cm³/mol. The summed E-state index contributed by atoms with van der Waals surface area (Å²) in [6, 6.07) is 20.1. The van der Waals surface area contributed by atoms with Crippen molar-refractivity contribution in [1.82, 2.24) is 5.32 Å². The zero-order valence-electron chi connectivity index (χ0n) is 19.3. The number of carbonyl (C=O) groups is 3. The number of ether oxygens (including phenoxy) is 2. The van der Waals surface area contributed by atoms with Crippen molar-refractivity contribution in [3.8, 4) is 11.1 Å². The maximum Gasteiger partial charge on any atom is 0.407 e. The Morgan fingerprint density at radius 1 is 0.971 bits per heavy atom. The lowest BCUT2D eigenvalue weighted by Gasteiger charge is -2.19. The van der Waals surface area contributed by atoms with Crippen molar-refractivity contribution in [1.29, 1.82) is 0 Å². The van der Waals surface area contributed by atoms with Crippen molar-refractivity contribution in [2.45, 2.75) is 25.3 Å². The summed E-state index contributed by atoms with van der Waals surface area (Å²) in [5.74, 6) is -0.985. The van der Waals surface area contributed by atoms with Crippen LogP contribution in [0.5, 0.6) is 0 Å². The van der Waals surface area contributed by atoms with E-state index in [9.17, 15) is 14.4 Å². The maximum atomic E-state index is 12.7. The molecule has 3 aromatic rings. The topological polar surface area (TPSA) is 93.7 Å². The first-order chi connectivity index (χ1) is 16.9. The van der Waals surface area contributed by atoms with Crippen molar-refractivity contribution in [3.05, 3.63) is 88.4 Å². The second-order valence-electron chi connectivity index (χ2n) is 8.25. The molecule has 0 fully saturated rings. The Hall–Kier alpha value is -3.84. The van der Waals surface area contributed by atoms with E-state index >= 15 is 0 Å². The van der Waals surface area contributed by atoms with E-state index in [2.05, 4.69) is 22.8 Å². The Kier molecular flexibility index (Phi) is 7.36. The van der Waals surface area contributed by atoms with E-state index in [0.717, 1.165) is 22.3 Å². The highest BCUT2D eigenvalue weighted by molar-refractivity contribution is 6.33. The number of hydrogen-bond donors (Lipinski definition) is 2. The van der Waals surface area contributed by atoms with Crippen LogP contribution in [0, 0.1) is 0 Å². The number of benzene rings is 3. The summed E-state index contributed by atoms with van der Waals surface area (Å²) < 4.78 is 10.4. The molecule has 0 spiro atoms. The lowest BCUT2D eigenvalue weighted by molar-refractivity contribution is -0.143. The third-order valence-electron chi connectivity index (χ3n) is 5.90. The molecule has 0 aliphatic heterocycles. The molecule has 0 radical (unpaired) electrons. The normalized spacial score (nSPS) is 12.8. The average Bonchev–Trinajstić information content (AvgIpc) is 3.17. The number of fused-ring (bicyclic) bond motifs is 3. The highest BCUT2D eigenvalue weighted by Gasteiger charge is 2.30. The third-order valence-corrected chi connectivity index (χ3v) is 6.23. The van der Waals surface area contributed by atoms with Crippen LogP contribution in [0.15, 0.2) is 66.7 Å². The van der Waals surface area contributed by atoms with E-state index in [-0.39, 0.29) is 24.9 Å². The predicted octanol–water partition coefficient (Wildman–Crippen LogP) is 4.92. The summed E-state index contributed by atoms with van der Waals surface area (Å²) >= 11 is 6.13. The van der Waals surface area contributed by atoms with Gasteiger partial charge in [-0.3, -0.25) is 4.79 Å². The fourth-order valence-electron chi connectivity index (χ4n) is 4.34. The van der Waals surface area contributed by atoms with E-state index in [0.29, 0.717) is 16.3 Å². The van der Waals surface area contributed by atoms with Crippen LogP contribution >= 0.6 is 11.6 Å². The minimum atomic E-state index is -0.984. The highest BCUT2D eigenvalue weighted by Crippen LogP contribution is 2.44. The Morgan fingerprint density at radius 3 is 2.20 bits per heavy atom. The molecular weight excluding hydrogens is 468 g/mol. The Morgan fingerprint density at radius 2 is 1.60 bits per heavy atom. The monoisotopic (exact) mass is 492 g/mol. The van der Waals surface area contributed by atoms with Crippen LogP contribution in [0.1, 0.15) is 29.5 Å². The molecule has 2 N–H and O–H groups in total. The van der Waals surface area contributed by atoms with Gasteiger partial charge in [-0.15, -0.1) is 0 Å². The van der Waals surface area contributed by atoms with Crippen LogP contribution < -0.4 is 10.6 Å². The Balaban J connectivity index is 1.45. The second kappa shape index (κ2) is 10.6. The van der Waals surface area contributed by atoms with Crippen LogP contribution in [0.25, 0.3) is 11.1 Å². The van der Waals surface area contributed by atoms with E-state index in [4.69, 9.17) is 21.1 Å². The number of halogens is 1. The van der Waals surface area contributed by atoms with Gasteiger partial charge in [0, 0.05) is 19.3 Å². The van der Waals surface area contributed by atoms with Crippen molar-refractivity contribution >= 4 is 35.3 Å². The average molecular weight is 493 g/mol. The molecule has 1 aliphatic rings. The quantitative estimate of drug-likeness (QED) is 0.456. The summed E-state index contributed by atoms with van der Waals surface area (Å²) in [6.07, 6.45) is -0.598. The van der Waals surface area contributed by atoms with Gasteiger partial charge < -0.3 is 20.1 Å². The molecule has 2 amide bonds. The smallest absolute Gasteiger partial charge is 0.407 e. The van der Waals surface area contributed by atoms with Gasteiger partial charge in [-0.1, -0.05) is 66.2 Å². The zero-order valence-corrected chi connectivity index (χ0v) is 20.1. The highest BCUT2D eigenvalue weighted by atomic mass is 35.5. The summed E-state index contributed by atoms with van der Waals surface area (Å²) in [5, 5.41) is 5.61. The van der Waals surface area contributed by atoms with Crippen molar-refractivity contribution in [3.63, 3.8) is 0 Å². The first-order valence-corrected chi connectivity index (χ1v) is 11.5. The van der Waals surface area contributed by atoms with Crippen LogP contribution in [0.3, 0.4) is 0 Å². The van der Waals surface area contributed by atoms with Crippen LogP contribution in [0.4, 0.5) is 10.5 Å².